The van der Waals surface area contributed by atoms with E-state index in [1.54, 1.807) is 14.2 Å². The van der Waals surface area contributed by atoms with Crippen LogP contribution in [0.15, 0.2) is 12.1 Å². The number of ether oxygens (including phenoxy) is 2. The van der Waals surface area contributed by atoms with Gasteiger partial charge >= 0.3 is 0 Å². The number of benzene rings is 1. The van der Waals surface area contributed by atoms with Gasteiger partial charge in [0.25, 0.3) is 0 Å². The summed E-state index contributed by atoms with van der Waals surface area (Å²) in [7, 11) is 3.23. The minimum Gasteiger partial charge on any atom is -0.496 e. The summed E-state index contributed by atoms with van der Waals surface area (Å²) in [5.74, 6) is 1.64. The van der Waals surface area contributed by atoms with Gasteiger partial charge in [-0.3, -0.25) is 4.79 Å². The highest BCUT2D eigenvalue weighted by Gasteiger charge is 2.23. The van der Waals surface area contributed by atoms with Crippen LogP contribution < -0.4 is 14.8 Å². The fraction of sp³-hybridized carbons (Fsp3) is 0.533. The molecular weight excluding hydrogens is 242 g/mol. The highest BCUT2D eigenvalue weighted by molar-refractivity contribution is 5.94. The number of anilines is 1. The zero-order valence-electron chi connectivity index (χ0n) is 11.8. The van der Waals surface area contributed by atoms with Crippen LogP contribution in [0, 0.1) is 12.8 Å². The lowest BCUT2D eigenvalue weighted by molar-refractivity contribution is -0.119. The van der Waals surface area contributed by atoms with Crippen LogP contribution in [0.4, 0.5) is 5.69 Å². The van der Waals surface area contributed by atoms with Gasteiger partial charge in [-0.05, 0) is 31.4 Å². The minimum atomic E-state index is 0.0849. The van der Waals surface area contributed by atoms with Gasteiger partial charge in [-0.15, -0.1) is 0 Å². The fourth-order valence-corrected chi connectivity index (χ4v) is 2.57. The predicted molar refractivity (Wildman–Crippen MR) is 74.9 cm³/mol. The van der Waals surface area contributed by atoms with Crippen LogP contribution in [-0.4, -0.2) is 20.1 Å². The van der Waals surface area contributed by atoms with Crippen molar-refractivity contribution < 1.29 is 14.3 Å². The molecule has 1 aromatic rings. The first-order valence-corrected chi connectivity index (χ1v) is 6.69. The summed E-state index contributed by atoms with van der Waals surface area (Å²) in [6.07, 6.45) is 4.26. The van der Waals surface area contributed by atoms with Gasteiger partial charge in [-0.1, -0.05) is 12.8 Å². The van der Waals surface area contributed by atoms with Crippen LogP contribution in [0.5, 0.6) is 11.5 Å². The molecular formula is C15H21NO3. The topological polar surface area (TPSA) is 47.6 Å². The van der Waals surface area contributed by atoms with Crippen molar-refractivity contribution in [1.82, 2.24) is 0 Å². The van der Waals surface area contributed by atoms with E-state index in [9.17, 15) is 4.79 Å². The number of hydrogen-bond acceptors (Lipinski definition) is 3. The molecule has 1 aromatic carbocycles. The molecule has 0 atom stereocenters. The maximum atomic E-state index is 12.2. The molecule has 0 heterocycles. The maximum absolute atomic E-state index is 12.2. The molecule has 0 spiro atoms. The Bertz CT molecular complexity index is 465. The Morgan fingerprint density at radius 3 is 2.37 bits per heavy atom. The lowest BCUT2D eigenvalue weighted by atomic mass is 10.1. The Balaban J connectivity index is 2.20. The van der Waals surface area contributed by atoms with Crippen LogP contribution in [-0.2, 0) is 4.79 Å². The molecule has 4 heteroatoms. The molecule has 0 radical (unpaired) electrons. The summed E-state index contributed by atoms with van der Waals surface area (Å²) in [5, 5.41) is 2.96. The number of carbonyl (C=O) groups excluding carboxylic acids is 1. The smallest absolute Gasteiger partial charge is 0.227 e. The van der Waals surface area contributed by atoms with E-state index in [-0.39, 0.29) is 11.8 Å². The standard InChI is InChI=1S/C15H21NO3/c1-10-8-14(19-3)12(9-13(10)18-2)16-15(17)11-6-4-5-7-11/h8-9,11H,4-7H2,1-3H3,(H,16,17). The molecule has 1 amide bonds. The molecule has 0 bridgehead atoms. The minimum absolute atomic E-state index is 0.0849. The van der Waals surface area contributed by atoms with Crippen molar-refractivity contribution in [3.8, 4) is 11.5 Å². The lowest BCUT2D eigenvalue weighted by Gasteiger charge is -2.15. The van der Waals surface area contributed by atoms with Crippen molar-refractivity contribution in [2.45, 2.75) is 32.6 Å². The highest BCUT2D eigenvalue weighted by Crippen LogP contribution is 2.34. The second kappa shape index (κ2) is 5.95. The first kappa shape index (κ1) is 13.7. The molecule has 104 valence electrons. The molecule has 0 saturated heterocycles. The lowest BCUT2D eigenvalue weighted by Crippen LogP contribution is -2.20. The van der Waals surface area contributed by atoms with Crippen LogP contribution in [0.1, 0.15) is 31.2 Å². The number of rotatable bonds is 4. The van der Waals surface area contributed by atoms with Crippen LogP contribution in [0.25, 0.3) is 0 Å². The molecule has 0 aliphatic heterocycles. The van der Waals surface area contributed by atoms with Gasteiger partial charge in [0.1, 0.15) is 11.5 Å². The van der Waals surface area contributed by atoms with E-state index in [2.05, 4.69) is 5.32 Å². The number of methoxy groups -OCH3 is 2. The predicted octanol–water partition coefficient (Wildman–Crippen LogP) is 3.14. The van der Waals surface area contributed by atoms with Crippen molar-refractivity contribution in [1.29, 1.82) is 0 Å². The summed E-state index contributed by atoms with van der Waals surface area (Å²) in [6.45, 7) is 1.95. The number of carbonyl (C=O) groups is 1. The summed E-state index contributed by atoms with van der Waals surface area (Å²) in [5.41, 5.74) is 1.67. The van der Waals surface area contributed by atoms with Gasteiger partial charge < -0.3 is 14.8 Å². The Labute approximate surface area is 114 Å². The summed E-state index contributed by atoms with van der Waals surface area (Å²) in [6, 6.07) is 3.70. The van der Waals surface area contributed by atoms with Crippen LogP contribution in [0.2, 0.25) is 0 Å². The molecule has 1 N–H and O–H groups in total. The first-order valence-electron chi connectivity index (χ1n) is 6.69. The molecule has 1 aliphatic rings. The van der Waals surface area contributed by atoms with Gasteiger partial charge in [0.2, 0.25) is 5.91 Å². The zero-order valence-corrected chi connectivity index (χ0v) is 11.8. The van der Waals surface area contributed by atoms with Crippen LogP contribution in [0.3, 0.4) is 0 Å². The fourth-order valence-electron chi connectivity index (χ4n) is 2.57. The number of hydrogen-bond donors (Lipinski definition) is 1. The van der Waals surface area contributed by atoms with Gasteiger partial charge in [0.15, 0.2) is 0 Å². The molecule has 1 saturated carbocycles. The van der Waals surface area contributed by atoms with Gasteiger partial charge in [-0.25, -0.2) is 0 Å². The number of nitrogens with one attached hydrogen (secondary N) is 1. The molecule has 0 unspecified atom stereocenters. The molecule has 2 rings (SSSR count). The molecule has 4 nitrogen and oxygen atoms in total. The highest BCUT2D eigenvalue weighted by atomic mass is 16.5. The van der Waals surface area contributed by atoms with Crippen molar-refractivity contribution in [2.24, 2.45) is 5.92 Å². The van der Waals surface area contributed by atoms with Crippen molar-refractivity contribution in [2.75, 3.05) is 19.5 Å². The number of aryl methyl sites for hydroxylation is 1. The van der Waals surface area contributed by atoms with E-state index in [1.165, 1.54) is 0 Å². The third-order valence-corrected chi connectivity index (χ3v) is 3.70. The normalized spacial score (nSPS) is 15.3. The SMILES string of the molecule is COc1cc(NC(=O)C2CCCC2)c(OC)cc1C. The largest absolute Gasteiger partial charge is 0.496 e. The number of amides is 1. The Hall–Kier alpha value is -1.71. The first-order chi connectivity index (χ1) is 9.15. The molecule has 1 aliphatic carbocycles. The van der Waals surface area contributed by atoms with Crippen molar-refractivity contribution >= 4 is 11.6 Å². The van der Waals surface area contributed by atoms with E-state index in [1.807, 2.05) is 19.1 Å². The third kappa shape index (κ3) is 3.00. The van der Waals surface area contributed by atoms with Crippen molar-refractivity contribution in [3.63, 3.8) is 0 Å². The average Bonchev–Trinajstić information content (AvgIpc) is 2.94. The molecule has 1 fully saturated rings. The van der Waals surface area contributed by atoms with Crippen LogP contribution >= 0.6 is 0 Å². The molecule has 0 aromatic heterocycles. The summed E-state index contributed by atoms with van der Waals surface area (Å²) < 4.78 is 10.6. The second-order valence-corrected chi connectivity index (χ2v) is 4.99. The zero-order chi connectivity index (χ0) is 13.8. The van der Waals surface area contributed by atoms with E-state index in [4.69, 9.17) is 9.47 Å². The van der Waals surface area contributed by atoms with E-state index < -0.39 is 0 Å². The maximum Gasteiger partial charge on any atom is 0.227 e. The van der Waals surface area contributed by atoms with E-state index >= 15 is 0 Å². The summed E-state index contributed by atoms with van der Waals surface area (Å²) in [4.78, 5) is 12.2. The Kier molecular flexibility index (Phi) is 4.30. The van der Waals surface area contributed by atoms with E-state index in [0.717, 1.165) is 37.0 Å². The van der Waals surface area contributed by atoms with Gasteiger partial charge in [-0.2, -0.15) is 0 Å². The third-order valence-electron chi connectivity index (χ3n) is 3.70. The molecule has 19 heavy (non-hydrogen) atoms. The Morgan fingerprint density at radius 1 is 1.16 bits per heavy atom. The van der Waals surface area contributed by atoms with Gasteiger partial charge in [0, 0.05) is 12.0 Å². The van der Waals surface area contributed by atoms with Crippen molar-refractivity contribution in [3.05, 3.63) is 17.7 Å². The second-order valence-electron chi connectivity index (χ2n) is 4.99. The summed E-state index contributed by atoms with van der Waals surface area (Å²) >= 11 is 0. The quantitative estimate of drug-likeness (QED) is 0.907. The monoisotopic (exact) mass is 263 g/mol. The Morgan fingerprint density at radius 2 is 1.79 bits per heavy atom. The van der Waals surface area contributed by atoms with Gasteiger partial charge in [0.05, 0.1) is 19.9 Å². The average molecular weight is 263 g/mol. The van der Waals surface area contributed by atoms with E-state index in [0.29, 0.717) is 11.4 Å².